The average Bonchev–Trinajstić information content (AvgIpc) is 2.35. The van der Waals surface area contributed by atoms with Gasteiger partial charge in [0.1, 0.15) is 6.04 Å². The van der Waals surface area contributed by atoms with Gasteiger partial charge in [-0.05, 0) is 33.1 Å². The number of hydrogen-bond acceptors (Lipinski definition) is 3. The molecule has 6 heteroatoms. The van der Waals surface area contributed by atoms with Gasteiger partial charge in [0.05, 0.1) is 5.41 Å². The number of amides is 1. The molecule has 0 radical (unpaired) electrons. The summed E-state index contributed by atoms with van der Waals surface area (Å²) in [5.74, 6) is -2.32. The summed E-state index contributed by atoms with van der Waals surface area (Å²) in [6.45, 7) is 8.47. The third kappa shape index (κ3) is 6.14. The molecule has 0 saturated carbocycles. The molecular formula is C15H27NO5. The fourth-order valence-corrected chi connectivity index (χ4v) is 1.75. The number of carbonyl (C=O) groups excluding carboxylic acids is 1. The Balaban J connectivity index is 4.72. The van der Waals surface area contributed by atoms with Crippen molar-refractivity contribution in [2.45, 2.75) is 66.3 Å². The first-order valence-corrected chi connectivity index (χ1v) is 7.21. The summed E-state index contributed by atoms with van der Waals surface area (Å²) < 4.78 is 0. The number of nitrogens with one attached hydrogen (secondary N) is 1. The van der Waals surface area contributed by atoms with Gasteiger partial charge in [-0.2, -0.15) is 0 Å². The summed E-state index contributed by atoms with van der Waals surface area (Å²) in [7, 11) is 0. The van der Waals surface area contributed by atoms with E-state index in [0.717, 1.165) is 0 Å². The summed E-state index contributed by atoms with van der Waals surface area (Å²) in [6, 6.07) is -0.894. The van der Waals surface area contributed by atoms with E-state index in [1.807, 2.05) is 6.92 Å². The standard InChI is InChI=1S/C15H27NO5/c1-6-7-10(11(17)18)16-12(19)14(2,3)8-9-15(4,5)13(20)21/h10H,6-9H2,1-5H3,(H,16,19)(H,17,18)(H,20,21). The Morgan fingerprint density at radius 3 is 1.86 bits per heavy atom. The SMILES string of the molecule is CCCC(NC(=O)C(C)(C)CCC(C)(C)C(=O)O)C(=O)O. The highest BCUT2D eigenvalue weighted by Crippen LogP contribution is 2.31. The molecular weight excluding hydrogens is 274 g/mol. The molecule has 1 unspecified atom stereocenters. The fraction of sp³-hybridized carbons (Fsp3) is 0.800. The van der Waals surface area contributed by atoms with Gasteiger partial charge >= 0.3 is 11.9 Å². The smallest absolute Gasteiger partial charge is 0.326 e. The maximum atomic E-state index is 12.2. The van der Waals surface area contributed by atoms with Crippen molar-refractivity contribution < 1.29 is 24.6 Å². The molecule has 0 fully saturated rings. The Hall–Kier alpha value is -1.59. The van der Waals surface area contributed by atoms with Gasteiger partial charge in [-0.25, -0.2) is 4.79 Å². The van der Waals surface area contributed by atoms with Gasteiger partial charge in [0.25, 0.3) is 0 Å². The van der Waals surface area contributed by atoms with E-state index >= 15 is 0 Å². The second kappa shape index (κ2) is 7.43. The van der Waals surface area contributed by atoms with Crippen molar-refractivity contribution in [1.82, 2.24) is 5.32 Å². The molecule has 0 heterocycles. The molecule has 1 atom stereocenters. The zero-order valence-corrected chi connectivity index (χ0v) is 13.5. The van der Waals surface area contributed by atoms with Crippen LogP contribution >= 0.6 is 0 Å². The van der Waals surface area contributed by atoms with E-state index in [1.54, 1.807) is 27.7 Å². The summed E-state index contributed by atoms with van der Waals surface area (Å²) >= 11 is 0. The number of rotatable bonds is 9. The average molecular weight is 301 g/mol. The predicted octanol–water partition coefficient (Wildman–Crippen LogP) is 2.27. The molecule has 0 aromatic heterocycles. The molecule has 122 valence electrons. The van der Waals surface area contributed by atoms with E-state index in [4.69, 9.17) is 10.2 Å². The van der Waals surface area contributed by atoms with Crippen molar-refractivity contribution in [2.75, 3.05) is 0 Å². The first-order chi connectivity index (χ1) is 9.44. The molecule has 0 bridgehead atoms. The Bertz CT molecular complexity index is 401. The van der Waals surface area contributed by atoms with Crippen molar-refractivity contribution in [1.29, 1.82) is 0 Å². The van der Waals surface area contributed by atoms with Crippen LogP contribution in [0.1, 0.15) is 60.3 Å². The highest BCUT2D eigenvalue weighted by Gasteiger charge is 2.35. The summed E-state index contributed by atoms with van der Waals surface area (Å²) in [5.41, 5.74) is -1.72. The van der Waals surface area contributed by atoms with Gasteiger partial charge < -0.3 is 15.5 Å². The second-order valence-electron chi connectivity index (χ2n) is 6.73. The summed E-state index contributed by atoms with van der Waals surface area (Å²) in [5, 5.41) is 20.7. The Labute approximate surface area is 125 Å². The van der Waals surface area contributed by atoms with Crippen molar-refractivity contribution in [3.8, 4) is 0 Å². The quantitative estimate of drug-likeness (QED) is 0.606. The van der Waals surface area contributed by atoms with Gasteiger partial charge in [-0.1, -0.05) is 27.2 Å². The maximum Gasteiger partial charge on any atom is 0.326 e. The van der Waals surface area contributed by atoms with Crippen LogP contribution in [0, 0.1) is 10.8 Å². The van der Waals surface area contributed by atoms with E-state index in [1.165, 1.54) is 0 Å². The zero-order valence-electron chi connectivity index (χ0n) is 13.5. The molecule has 0 aliphatic rings. The Morgan fingerprint density at radius 2 is 1.48 bits per heavy atom. The number of carboxylic acid groups (broad SMARTS) is 2. The van der Waals surface area contributed by atoms with E-state index in [-0.39, 0.29) is 5.91 Å². The maximum absolute atomic E-state index is 12.2. The van der Waals surface area contributed by atoms with Crippen LogP contribution in [0.15, 0.2) is 0 Å². The highest BCUT2D eigenvalue weighted by molar-refractivity contribution is 5.87. The van der Waals surface area contributed by atoms with Crippen molar-refractivity contribution in [3.63, 3.8) is 0 Å². The molecule has 6 nitrogen and oxygen atoms in total. The molecule has 3 N–H and O–H groups in total. The van der Waals surface area contributed by atoms with Gasteiger partial charge in [0.15, 0.2) is 0 Å². The molecule has 0 aliphatic carbocycles. The lowest BCUT2D eigenvalue weighted by Crippen LogP contribution is -2.47. The first-order valence-electron chi connectivity index (χ1n) is 7.21. The van der Waals surface area contributed by atoms with Crippen molar-refractivity contribution in [2.24, 2.45) is 10.8 Å². The fourth-order valence-electron chi connectivity index (χ4n) is 1.75. The molecule has 21 heavy (non-hydrogen) atoms. The third-order valence-corrected chi connectivity index (χ3v) is 3.75. The minimum atomic E-state index is -1.05. The van der Waals surface area contributed by atoms with Crippen LogP contribution in [0.5, 0.6) is 0 Å². The monoisotopic (exact) mass is 301 g/mol. The molecule has 0 saturated heterocycles. The number of aliphatic carboxylic acids is 2. The van der Waals surface area contributed by atoms with Crippen LogP contribution in [-0.2, 0) is 14.4 Å². The van der Waals surface area contributed by atoms with Gasteiger partial charge in [-0.3, -0.25) is 9.59 Å². The van der Waals surface area contributed by atoms with Crippen LogP contribution in [-0.4, -0.2) is 34.1 Å². The lowest BCUT2D eigenvalue weighted by Gasteiger charge is -2.29. The molecule has 0 spiro atoms. The topological polar surface area (TPSA) is 104 Å². The summed E-state index contributed by atoms with van der Waals surface area (Å²) in [6.07, 6.45) is 1.74. The van der Waals surface area contributed by atoms with Crippen LogP contribution in [0.4, 0.5) is 0 Å². The Kier molecular flexibility index (Phi) is 6.86. The Morgan fingerprint density at radius 1 is 1.00 bits per heavy atom. The van der Waals surface area contributed by atoms with E-state index in [2.05, 4.69) is 5.32 Å². The zero-order chi connectivity index (χ0) is 16.8. The third-order valence-electron chi connectivity index (χ3n) is 3.75. The van der Waals surface area contributed by atoms with Gasteiger partial charge in [0, 0.05) is 5.41 Å². The molecule has 0 aromatic rings. The van der Waals surface area contributed by atoms with E-state index < -0.39 is 28.8 Å². The lowest BCUT2D eigenvalue weighted by molar-refractivity contribution is -0.148. The van der Waals surface area contributed by atoms with Crippen molar-refractivity contribution in [3.05, 3.63) is 0 Å². The van der Waals surface area contributed by atoms with Gasteiger partial charge in [-0.15, -0.1) is 0 Å². The molecule has 0 aromatic carbocycles. The second-order valence-corrected chi connectivity index (χ2v) is 6.73. The highest BCUT2D eigenvalue weighted by atomic mass is 16.4. The number of carboxylic acids is 2. The largest absolute Gasteiger partial charge is 0.481 e. The molecule has 0 aliphatic heterocycles. The van der Waals surface area contributed by atoms with Crippen LogP contribution in [0.2, 0.25) is 0 Å². The van der Waals surface area contributed by atoms with E-state index in [0.29, 0.717) is 25.7 Å². The van der Waals surface area contributed by atoms with Crippen LogP contribution in [0.25, 0.3) is 0 Å². The van der Waals surface area contributed by atoms with Crippen LogP contribution < -0.4 is 5.32 Å². The van der Waals surface area contributed by atoms with E-state index in [9.17, 15) is 14.4 Å². The lowest BCUT2D eigenvalue weighted by atomic mass is 9.78. The minimum Gasteiger partial charge on any atom is -0.481 e. The summed E-state index contributed by atoms with van der Waals surface area (Å²) in [4.78, 5) is 34.4. The number of hydrogen-bond donors (Lipinski definition) is 3. The van der Waals surface area contributed by atoms with Gasteiger partial charge in [0.2, 0.25) is 5.91 Å². The minimum absolute atomic E-state index is 0.342. The predicted molar refractivity (Wildman–Crippen MR) is 78.9 cm³/mol. The molecule has 0 rings (SSSR count). The normalized spacial score (nSPS) is 13.6. The number of carbonyl (C=O) groups is 3. The first kappa shape index (κ1) is 19.4. The van der Waals surface area contributed by atoms with Crippen LogP contribution in [0.3, 0.4) is 0 Å². The van der Waals surface area contributed by atoms with Crippen molar-refractivity contribution >= 4 is 17.8 Å². The molecule has 1 amide bonds.